The lowest BCUT2D eigenvalue weighted by molar-refractivity contribution is 0.179. The number of aryl methyl sites for hydroxylation is 1. The normalized spacial score (nSPS) is 18.1. The zero-order chi connectivity index (χ0) is 28.6. The Hall–Kier alpha value is -3.55. The van der Waals surface area contributed by atoms with E-state index in [2.05, 4.69) is 5.10 Å². The first-order valence-electron chi connectivity index (χ1n) is 12.9. The van der Waals surface area contributed by atoms with E-state index in [-0.39, 0.29) is 30.6 Å². The Morgan fingerprint density at radius 1 is 1.05 bits per heavy atom. The lowest BCUT2D eigenvalue weighted by Crippen LogP contribution is -2.52. The molecule has 0 spiro atoms. The Morgan fingerprint density at radius 3 is 2.40 bits per heavy atom. The number of halogens is 2. The van der Waals surface area contributed by atoms with Crippen molar-refractivity contribution >= 4 is 15.9 Å². The molecule has 1 saturated heterocycles. The molecule has 1 fully saturated rings. The molecule has 10 nitrogen and oxygen atoms in total. The van der Waals surface area contributed by atoms with E-state index in [1.165, 1.54) is 24.6 Å². The molecule has 0 saturated carbocycles. The second-order valence-corrected chi connectivity index (χ2v) is 12.1. The predicted octanol–water partition coefficient (Wildman–Crippen LogP) is 2.38. The molecule has 1 aliphatic carbocycles. The van der Waals surface area contributed by atoms with E-state index in [1.54, 1.807) is 7.11 Å². The molecule has 0 bridgehead atoms. The summed E-state index contributed by atoms with van der Waals surface area (Å²) in [6.07, 6.45) is 2.93. The molecule has 40 heavy (non-hydrogen) atoms. The number of fused-ring (bicyclic) bond motifs is 1. The van der Waals surface area contributed by atoms with Crippen LogP contribution in [0.15, 0.2) is 47.4 Å². The minimum Gasteiger partial charge on any atom is -0.496 e. The van der Waals surface area contributed by atoms with Gasteiger partial charge in [-0.05, 0) is 36.6 Å². The van der Waals surface area contributed by atoms with Crippen LogP contribution in [0.2, 0.25) is 0 Å². The van der Waals surface area contributed by atoms with E-state index >= 15 is 0 Å². The highest BCUT2D eigenvalue weighted by molar-refractivity contribution is 7.86. The van der Waals surface area contributed by atoms with Gasteiger partial charge in [0.1, 0.15) is 29.2 Å². The van der Waals surface area contributed by atoms with Crippen molar-refractivity contribution < 1.29 is 26.7 Å². The molecular weight excluding hydrogens is 544 g/mol. The van der Waals surface area contributed by atoms with Crippen LogP contribution in [-0.4, -0.2) is 80.3 Å². The van der Waals surface area contributed by atoms with Crippen LogP contribution in [-0.2, 0) is 23.1 Å². The Morgan fingerprint density at radius 2 is 1.75 bits per heavy atom. The standard InChI is InChI=1S/C27H31F2N5O5S/c1-31(2)40(36,37)33-11-9-32(10-12-33)24-17-30-34(21-14-19(28)13-20(29)15-21)27(35)26(24)39-22-8-7-18-5-4-6-25(38-3)23(18)16-22/h4-6,13-15,17,22H,7-12,16H2,1-3H3. The Labute approximate surface area is 231 Å². The van der Waals surface area contributed by atoms with Crippen molar-refractivity contribution in [3.8, 4) is 17.2 Å². The number of methoxy groups -OCH3 is 1. The van der Waals surface area contributed by atoms with Gasteiger partial charge >= 0.3 is 5.56 Å². The Bertz CT molecular complexity index is 1540. The molecule has 2 heterocycles. The highest BCUT2D eigenvalue weighted by atomic mass is 32.2. The summed E-state index contributed by atoms with van der Waals surface area (Å²) in [5.41, 5.74) is 1.81. The van der Waals surface area contributed by atoms with Gasteiger partial charge in [0.15, 0.2) is 0 Å². The molecule has 0 N–H and O–H groups in total. The van der Waals surface area contributed by atoms with Gasteiger partial charge in [-0.3, -0.25) is 4.79 Å². The number of aromatic nitrogens is 2. The molecular formula is C27H31F2N5O5S. The predicted molar refractivity (Wildman–Crippen MR) is 146 cm³/mol. The molecule has 214 valence electrons. The number of benzene rings is 2. The zero-order valence-electron chi connectivity index (χ0n) is 22.5. The van der Waals surface area contributed by atoms with Crippen LogP contribution in [0.4, 0.5) is 14.5 Å². The van der Waals surface area contributed by atoms with E-state index in [0.717, 1.165) is 44.4 Å². The van der Waals surface area contributed by atoms with Gasteiger partial charge in [0.05, 0.1) is 19.0 Å². The smallest absolute Gasteiger partial charge is 0.316 e. The van der Waals surface area contributed by atoms with Crippen LogP contribution in [0.5, 0.6) is 11.5 Å². The Kier molecular flexibility index (Phi) is 7.80. The SMILES string of the molecule is COc1cccc2c1CC(Oc1c(N3CCN(S(=O)(=O)N(C)C)CC3)cnn(-c3cc(F)cc(F)c3)c1=O)CC2. The van der Waals surface area contributed by atoms with Crippen LogP contribution in [0.3, 0.4) is 0 Å². The molecule has 2 aliphatic rings. The zero-order valence-corrected chi connectivity index (χ0v) is 23.3. The number of piperazine rings is 1. The van der Waals surface area contributed by atoms with Gasteiger partial charge in [0, 0.05) is 58.3 Å². The molecule has 1 unspecified atom stereocenters. The third-order valence-electron chi connectivity index (χ3n) is 7.28. The summed E-state index contributed by atoms with van der Waals surface area (Å²) in [5, 5.41) is 4.21. The Balaban J connectivity index is 1.50. The van der Waals surface area contributed by atoms with Gasteiger partial charge in [0.25, 0.3) is 10.2 Å². The van der Waals surface area contributed by atoms with Crippen molar-refractivity contribution in [2.75, 3.05) is 52.3 Å². The third-order valence-corrected chi connectivity index (χ3v) is 9.22. The maximum Gasteiger partial charge on any atom is 0.316 e. The largest absolute Gasteiger partial charge is 0.496 e. The van der Waals surface area contributed by atoms with Gasteiger partial charge < -0.3 is 14.4 Å². The van der Waals surface area contributed by atoms with Crippen LogP contribution in [0, 0.1) is 11.6 Å². The molecule has 1 aliphatic heterocycles. The molecule has 13 heteroatoms. The minimum absolute atomic E-state index is 0.00747. The summed E-state index contributed by atoms with van der Waals surface area (Å²) in [6, 6.07) is 8.62. The number of hydrogen-bond donors (Lipinski definition) is 0. The van der Waals surface area contributed by atoms with Crippen molar-refractivity contribution in [1.82, 2.24) is 18.4 Å². The van der Waals surface area contributed by atoms with Crippen LogP contribution in [0.25, 0.3) is 5.69 Å². The fourth-order valence-corrected chi connectivity index (χ4v) is 6.27. The lowest BCUT2D eigenvalue weighted by atomic mass is 9.89. The van der Waals surface area contributed by atoms with E-state index in [4.69, 9.17) is 9.47 Å². The van der Waals surface area contributed by atoms with Gasteiger partial charge in [-0.15, -0.1) is 0 Å². The van der Waals surface area contributed by atoms with E-state index in [1.807, 2.05) is 23.1 Å². The molecule has 3 aromatic rings. The third kappa shape index (κ3) is 5.40. The van der Waals surface area contributed by atoms with E-state index in [9.17, 15) is 22.0 Å². The first-order chi connectivity index (χ1) is 19.1. The van der Waals surface area contributed by atoms with Crippen molar-refractivity contribution in [3.05, 3.63) is 75.7 Å². The maximum atomic E-state index is 14.0. The lowest BCUT2D eigenvalue weighted by Gasteiger charge is -2.37. The number of nitrogens with zero attached hydrogens (tertiary/aromatic N) is 5. The second-order valence-electron chi connectivity index (χ2n) is 9.96. The van der Waals surface area contributed by atoms with Gasteiger partial charge in [-0.25, -0.2) is 8.78 Å². The molecule has 1 atom stereocenters. The van der Waals surface area contributed by atoms with Crippen LogP contribution in [0.1, 0.15) is 17.5 Å². The summed E-state index contributed by atoms with van der Waals surface area (Å²) >= 11 is 0. The maximum absolute atomic E-state index is 14.0. The average Bonchev–Trinajstić information content (AvgIpc) is 2.93. The average molecular weight is 576 g/mol. The number of rotatable bonds is 7. The van der Waals surface area contributed by atoms with Crippen molar-refractivity contribution in [2.45, 2.75) is 25.4 Å². The van der Waals surface area contributed by atoms with Crippen LogP contribution >= 0.6 is 0 Å². The van der Waals surface area contributed by atoms with Crippen molar-refractivity contribution in [1.29, 1.82) is 0 Å². The second kappa shape index (κ2) is 11.1. The summed E-state index contributed by atoms with van der Waals surface area (Å²) in [7, 11) is 0.969. The number of ether oxygens (including phenoxy) is 2. The van der Waals surface area contributed by atoms with E-state index < -0.39 is 27.4 Å². The molecule has 0 amide bonds. The van der Waals surface area contributed by atoms with Gasteiger partial charge in [0.2, 0.25) is 5.75 Å². The quantitative estimate of drug-likeness (QED) is 0.427. The highest BCUT2D eigenvalue weighted by Gasteiger charge is 2.32. The first-order valence-corrected chi connectivity index (χ1v) is 14.3. The highest BCUT2D eigenvalue weighted by Crippen LogP contribution is 2.33. The number of anilines is 1. The van der Waals surface area contributed by atoms with Crippen LogP contribution < -0.4 is 19.9 Å². The monoisotopic (exact) mass is 575 g/mol. The molecule has 2 aromatic carbocycles. The fraction of sp³-hybridized carbons (Fsp3) is 0.407. The van der Waals surface area contributed by atoms with Gasteiger partial charge in [-0.2, -0.15) is 26.8 Å². The summed E-state index contributed by atoms with van der Waals surface area (Å²) < 4.78 is 68.6. The topological polar surface area (TPSA) is 97.2 Å². The fourth-order valence-electron chi connectivity index (χ4n) is 5.18. The van der Waals surface area contributed by atoms with E-state index in [0.29, 0.717) is 37.7 Å². The van der Waals surface area contributed by atoms with Gasteiger partial charge in [-0.1, -0.05) is 12.1 Å². The summed E-state index contributed by atoms with van der Waals surface area (Å²) in [5.74, 6) is -0.951. The molecule has 1 aromatic heterocycles. The summed E-state index contributed by atoms with van der Waals surface area (Å²) in [4.78, 5) is 15.6. The molecule has 5 rings (SSSR count). The summed E-state index contributed by atoms with van der Waals surface area (Å²) in [6.45, 7) is 0.993. The number of hydrogen-bond acceptors (Lipinski definition) is 7. The van der Waals surface area contributed by atoms with Crippen molar-refractivity contribution in [2.24, 2.45) is 0 Å². The van der Waals surface area contributed by atoms with Crippen molar-refractivity contribution in [3.63, 3.8) is 0 Å². The molecule has 0 radical (unpaired) electrons. The first kappa shape index (κ1) is 28.0. The minimum atomic E-state index is -3.59.